The zero-order valence-electron chi connectivity index (χ0n) is 12.5. The Bertz CT molecular complexity index is 615. The fraction of sp³-hybridized carbons (Fsp3) is 0.222. The monoisotopic (exact) mass is 280 g/mol. The molecule has 0 atom stereocenters. The summed E-state index contributed by atoms with van der Waals surface area (Å²) in [5.74, 6) is -0.176. The highest BCUT2D eigenvalue weighted by Crippen LogP contribution is 2.19. The minimum absolute atomic E-state index is 0.176. The van der Waals surface area contributed by atoms with E-state index >= 15 is 0 Å². The van der Waals surface area contributed by atoms with Crippen LogP contribution in [0, 0.1) is 0 Å². The summed E-state index contributed by atoms with van der Waals surface area (Å²) in [7, 11) is 0. The number of hydrogen-bond donors (Lipinski definition) is 1. The average Bonchev–Trinajstić information content (AvgIpc) is 2.54. The molecule has 1 N–H and O–H groups in total. The molecule has 0 bridgehead atoms. The summed E-state index contributed by atoms with van der Waals surface area (Å²) >= 11 is 0. The summed E-state index contributed by atoms with van der Waals surface area (Å²) in [4.78, 5) is 12.0. The Morgan fingerprint density at radius 1 is 1.00 bits per heavy atom. The van der Waals surface area contributed by atoms with Crippen molar-refractivity contribution in [3.63, 3.8) is 0 Å². The number of hydrogen-bond acceptors (Lipinski definition) is 2. The largest absolute Gasteiger partial charge is 0.271 e. The van der Waals surface area contributed by atoms with Crippen molar-refractivity contribution in [3.05, 3.63) is 60.2 Å². The maximum atomic E-state index is 12.0. The molecule has 0 saturated heterocycles. The molecule has 3 nitrogen and oxygen atoms in total. The Balaban J connectivity index is 2.05. The molecule has 0 aromatic heterocycles. The lowest BCUT2D eigenvalue weighted by Crippen LogP contribution is -2.18. The number of carbonyl (C=O) groups excluding carboxylic acids is 1. The fourth-order valence-electron chi connectivity index (χ4n) is 2.07. The number of amides is 1. The van der Waals surface area contributed by atoms with Gasteiger partial charge in [0.25, 0.3) is 5.91 Å². The third kappa shape index (κ3) is 4.28. The van der Waals surface area contributed by atoms with Crippen LogP contribution in [-0.2, 0) is 0 Å². The van der Waals surface area contributed by atoms with Crippen LogP contribution in [0.25, 0.3) is 11.1 Å². The zero-order valence-corrected chi connectivity index (χ0v) is 12.5. The molecule has 0 aliphatic heterocycles. The second-order valence-corrected chi connectivity index (χ2v) is 4.98. The summed E-state index contributed by atoms with van der Waals surface area (Å²) in [5, 5.41) is 4.09. The van der Waals surface area contributed by atoms with Crippen molar-refractivity contribution in [3.8, 4) is 11.1 Å². The number of rotatable bonds is 5. The van der Waals surface area contributed by atoms with E-state index in [4.69, 9.17) is 0 Å². The van der Waals surface area contributed by atoms with Crippen molar-refractivity contribution < 1.29 is 4.79 Å². The Morgan fingerprint density at radius 3 is 2.24 bits per heavy atom. The molecule has 2 aromatic carbocycles. The second kappa shape index (κ2) is 7.39. The standard InChI is InChI=1S/C18H20N2O/c1-3-7-14(2)19-20-18(21)17-12-10-16(11-13-17)15-8-5-4-6-9-15/h4-6,8-13H,3,7H2,1-2H3,(H,20,21). The smallest absolute Gasteiger partial charge is 0.267 e. The molecule has 0 radical (unpaired) electrons. The van der Waals surface area contributed by atoms with Crippen molar-refractivity contribution in [2.24, 2.45) is 5.10 Å². The normalized spacial score (nSPS) is 11.2. The Hall–Kier alpha value is -2.42. The Labute approximate surface area is 125 Å². The molecule has 3 heteroatoms. The lowest BCUT2D eigenvalue weighted by molar-refractivity contribution is 0.0954. The molecule has 0 spiro atoms. The molecule has 0 aliphatic carbocycles. The van der Waals surface area contributed by atoms with Crippen LogP contribution < -0.4 is 5.43 Å². The number of carbonyl (C=O) groups is 1. The summed E-state index contributed by atoms with van der Waals surface area (Å²) in [6.07, 6.45) is 1.92. The van der Waals surface area contributed by atoms with E-state index in [0.29, 0.717) is 5.56 Å². The highest BCUT2D eigenvalue weighted by Gasteiger charge is 2.05. The van der Waals surface area contributed by atoms with E-state index < -0.39 is 0 Å². The minimum atomic E-state index is -0.176. The fourth-order valence-corrected chi connectivity index (χ4v) is 2.07. The molecule has 108 valence electrons. The van der Waals surface area contributed by atoms with Gasteiger partial charge in [0.1, 0.15) is 0 Å². The van der Waals surface area contributed by atoms with E-state index in [-0.39, 0.29) is 5.91 Å². The van der Waals surface area contributed by atoms with Crippen LogP contribution in [0.3, 0.4) is 0 Å². The first-order valence-corrected chi connectivity index (χ1v) is 7.19. The SMILES string of the molecule is CCCC(C)=NNC(=O)c1ccc(-c2ccccc2)cc1. The number of benzene rings is 2. The average molecular weight is 280 g/mol. The summed E-state index contributed by atoms with van der Waals surface area (Å²) in [5.41, 5.74) is 6.38. The van der Waals surface area contributed by atoms with Crippen molar-refractivity contribution in [2.45, 2.75) is 26.7 Å². The van der Waals surface area contributed by atoms with Gasteiger partial charge in [0.15, 0.2) is 0 Å². The zero-order chi connectivity index (χ0) is 15.1. The predicted molar refractivity (Wildman–Crippen MR) is 87.4 cm³/mol. The van der Waals surface area contributed by atoms with Gasteiger partial charge in [-0.1, -0.05) is 55.8 Å². The van der Waals surface area contributed by atoms with E-state index in [0.717, 1.165) is 29.7 Å². The van der Waals surface area contributed by atoms with E-state index in [1.165, 1.54) is 0 Å². The summed E-state index contributed by atoms with van der Waals surface area (Å²) in [6.45, 7) is 4.01. The van der Waals surface area contributed by atoms with Gasteiger partial charge in [0.2, 0.25) is 0 Å². The molecule has 1 amide bonds. The quantitative estimate of drug-likeness (QED) is 0.645. The molecular weight excluding hydrogens is 260 g/mol. The van der Waals surface area contributed by atoms with Gasteiger partial charge in [-0.3, -0.25) is 4.79 Å². The van der Waals surface area contributed by atoms with E-state index in [9.17, 15) is 4.79 Å². The van der Waals surface area contributed by atoms with E-state index in [1.807, 2.05) is 61.5 Å². The van der Waals surface area contributed by atoms with Crippen molar-refractivity contribution in [1.82, 2.24) is 5.43 Å². The van der Waals surface area contributed by atoms with Crippen molar-refractivity contribution in [2.75, 3.05) is 0 Å². The van der Waals surface area contributed by atoms with Crippen LogP contribution in [0.2, 0.25) is 0 Å². The van der Waals surface area contributed by atoms with Crippen LogP contribution in [0.5, 0.6) is 0 Å². The highest BCUT2D eigenvalue weighted by molar-refractivity contribution is 5.95. The van der Waals surface area contributed by atoms with E-state index in [1.54, 1.807) is 0 Å². The van der Waals surface area contributed by atoms with Gasteiger partial charge in [0, 0.05) is 11.3 Å². The first-order valence-electron chi connectivity index (χ1n) is 7.19. The number of nitrogens with one attached hydrogen (secondary N) is 1. The van der Waals surface area contributed by atoms with Gasteiger partial charge >= 0.3 is 0 Å². The lowest BCUT2D eigenvalue weighted by atomic mass is 10.0. The minimum Gasteiger partial charge on any atom is -0.267 e. The maximum Gasteiger partial charge on any atom is 0.271 e. The lowest BCUT2D eigenvalue weighted by Gasteiger charge is -2.04. The van der Waals surface area contributed by atoms with Crippen LogP contribution in [-0.4, -0.2) is 11.6 Å². The van der Waals surface area contributed by atoms with Crippen molar-refractivity contribution in [1.29, 1.82) is 0 Å². The maximum absolute atomic E-state index is 12.0. The molecule has 0 heterocycles. The third-order valence-electron chi connectivity index (χ3n) is 3.21. The molecule has 0 saturated carbocycles. The predicted octanol–water partition coefficient (Wildman–Crippen LogP) is 4.26. The first kappa shape index (κ1) is 15.0. The van der Waals surface area contributed by atoms with Gasteiger partial charge in [-0.05, 0) is 36.6 Å². The highest BCUT2D eigenvalue weighted by atomic mass is 16.2. The van der Waals surface area contributed by atoms with Gasteiger partial charge in [-0.15, -0.1) is 0 Å². The number of hydrazone groups is 1. The van der Waals surface area contributed by atoms with Gasteiger partial charge in [-0.25, -0.2) is 5.43 Å². The third-order valence-corrected chi connectivity index (χ3v) is 3.21. The molecule has 21 heavy (non-hydrogen) atoms. The second-order valence-electron chi connectivity index (χ2n) is 4.98. The van der Waals surface area contributed by atoms with Gasteiger partial charge in [0.05, 0.1) is 0 Å². The summed E-state index contributed by atoms with van der Waals surface area (Å²) in [6, 6.07) is 17.6. The van der Waals surface area contributed by atoms with Gasteiger partial charge < -0.3 is 0 Å². The Morgan fingerprint density at radius 2 is 1.62 bits per heavy atom. The van der Waals surface area contributed by atoms with Crippen LogP contribution >= 0.6 is 0 Å². The molecule has 2 aromatic rings. The molecule has 0 fully saturated rings. The number of nitrogens with zero attached hydrogens (tertiary/aromatic N) is 1. The van der Waals surface area contributed by atoms with Crippen LogP contribution in [0.4, 0.5) is 0 Å². The molecule has 0 unspecified atom stereocenters. The van der Waals surface area contributed by atoms with Crippen molar-refractivity contribution >= 4 is 11.6 Å². The Kier molecular flexibility index (Phi) is 5.27. The first-order chi connectivity index (χ1) is 10.2. The molecular formula is C18H20N2O. The van der Waals surface area contributed by atoms with Crippen LogP contribution in [0.1, 0.15) is 37.0 Å². The van der Waals surface area contributed by atoms with Crippen LogP contribution in [0.15, 0.2) is 59.7 Å². The van der Waals surface area contributed by atoms with Gasteiger partial charge in [-0.2, -0.15) is 5.10 Å². The molecule has 2 rings (SSSR count). The van der Waals surface area contributed by atoms with E-state index in [2.05, 4.69) is 17.5 Å². The topological polar surface area (TPSA) is 41.5 Å². The molecule has 0 aliphatic rings. The summed E-state index contributed by atoms with van der Waals surface area (Å²) < 4.78 is 0.